The molecule has 2 aliphatic heterocycles. The summed E-state index contributed by atoms with van der Waals surface area (Å²) in [4.78, 5) is 8.38. The Morgan fingerprint density at radius 1 is 1.19 bits per heavy atom. The molecule has 0 spiro atoms. The van der Waals surface area contributed by atoms with Gasteiger partial charge in [-0.15, -0.1) is 11.3 Å². The zero-order valence-electron chi connectivity index (χ0n) is 13.3. The van der Waals surface area contributed by atoms with Gasteiger partial charge in [-0.25, -0.2) is 0 Å². The quantitative estimate of drug-likeness (QED) is 0.782. The summed E-state index contributed by atoms with van der Waals surface area (Å²) >= 11 is 1.99. The average Bonchev–Trinajstić information content (AvgIpc) is 3.20. The van der Waals surface area contributed by atoms with Crippen LogP contribution in [0.4, 0.5) is 0 Å². The van der Waals surface area contributed by atoms with Gasteiger partial charge in [-0.2, -0.15) is 0 Å². The lowest BCUT2D eigenvalue weighted by molar-refractivity contribution is 0.230. The Balaban J connectivity index is 1.44. The third-order valence-electron chi connectivity index (χ3n) is 4.73. The molecule has 0 bridgehead atoms. The molecular formula is C17H29N3S. The van der Waals surface area contributed by atoms with Crippen LogP contribution in [0.1, 0.15) is 42.4 Å². The van der Waals surface area contributed by atoms with Gasteiger partial charge < -0.3 is 5.32 Å². The molecule has 118 valence electrons. The molecule has 0 aromatic carbocycles. The lowest BCUT2D eigenvalue weighted by Crippen LogP contribution is -2.35. The van der Waals surface area contributed by atoms with Crippen LogP contribution in [-0.2, 0) is 13.1 Å². The Morgan fingerprint density at radius 3 is 2.81 bits per heavy atom. The van der Waals surface area contributed by atoms with E-state index in [4.69, 9.17) is 0 Å². The molecule has 0 amide bonds. The van der Waals surface area contributed by atoms with E-state index in [0.29, 0.717) is 0 Å². The summed E-state index contributed by atoms with van der Waals surface area (Å²) in [6.07, 6.45) is 5.41. The SMILES string of the molecule is CCCNCc1ccc(CN2CCC(N3CCCC3)C2)s1. The first-order valence-corrected chi connectivity index (χ1v) is 9.41. The van der Waals surface area contributed by atoms with Crippen molar-refractivity contribution < 1.29 is 0 Å². The highest BCUT2D eigenvalue weighted by atomic mass is 32.1. The van der Waals surface area contributed by atoms with Gasteiger partial charge >= 0.3 is 0 Å². The Kier molecular flexibility index (Phi) is 5.69. The van der Waals surface area contributed by atoms with E-state index in [2.05, 4.69) is 34.2 Å². The Hall–Kier alpha value is -0.420. The highest BCUT2D eigenvalue weighted by Crippen LogP contribution is 2.24. The fourth-order valence-corrected chi connectivity index (χ4v) is 4.60. The number of hydrogen-bond donors (Lipinski definition) is 1. The minimum absolute atomic E-state index is 0.832. The molecule has 2 fully saturated rings. The van der Waals surface area contributed by atoms with Crippen molar-refractivity contribution in [3.8, 4) is 0 Å². The van der Waals surface area contributed by atoms with Crippen molar-refractivity contribution in [1.82, 2.24) is 15.1 Å². The van der Waals surface area contributed by atoms with Gasteiger partial charge in [0.25, 0.3) is 0 Å². The summed E-state index contributed by atoms with van der Waals surface area (Å²) in [6, 6.07) is 5.46. The Labute approximate surface area is 133 Å². The first-order valence-electron chi connectivity index (χ1n) is 8.60. The molecule has 0 saturated carbocycles. The molecule has 3 nitrogen and oxygen atoms in total. The first kappa shape index (κ1) is 15.5. The van der Waals surface area contributed by atoms with Crippen LogP contribution in [0.25, 0.3) is 0 Å². The second-order valence-corrected chi connectivity index (χ2v) is 7.72. The fraction of sp³-hybridized carbons (Fsp3) is 0.765. The highest BCUT2D eigenvalue weighted by molar-refractivity contribution is 7.11. The van der Waals surface area contributed by atoms with Gasteiger partial charge in [-0.05, 0) is 57.5 Å². The van der Waals surface area contributed by atoms with E-state index in [1.165, 1.54) is 61.6 Å². The molecule has 3 heterocycles. The monoisotopic (exact) mass is 307 g/mol. The average molecular weight is 308 g/mol. The first-order chi connectivity index (χ1) is 10.3. The molecular weight excluding hydrogens is 278 g/mol. The summed E-state index contributed by atoms with van der Waals surface area (Å²) in [7, 11) is 0. The maximum absolute atomic E-state index is 3.49. The smallest absolute Gasteiger partial charge is 0.0328 e. The maximum Gasteiger partial charge on any atom is 0.0328 e. The number of likely N-dealkylation sites (tertiary alicyclic amines) is 2. The molecule has 1 aromatic heterocycles. The lowest BCUT2D eigenvalue weighted by Gasteiger charge is -2.23. The van der Waals surface area contributed by atoms with Crippen LogP contribution >= 0.6 is 11.3 Å². The van der Waals surface area contributed by atoms with E-state index < -0.39 is 0 Å². The molecule has 0 radical (unpaired) electrons. The van der Waals surface area contributed by atoms with Crippen LogP contribution in [0.2, 0.25) is 0 Å². The highest BCUT2D eigenvalue weighted by Gasteiger charge is 2.29. The minimum atomic E-state index is 0.832. The van der Waals surface area contributed by atoms with Gasteiger partial charge in [0.05, 0.1) is 0 Å². The van der Waals surface area contributed by atoms with Gasteiger partial charge in [0.1, 0.15) is 0 Å². The predicted molar refractivity (Wildman–Crippen MR) is 90.8 cm³/mol. The summed E-state index contributed by atoms with van der Waals surface area (Å²) in [5.74, 6) is 0. The molecule has 4 heteroatoms. The molecule has 0 aliphatic carbocycles. The Bertz CT molecular complexity index is 425. The molecule has 21 heavy (non-hydrogen) atoms. The van der Waals surface area contributed by atoms with Crippen molar-refractivity contribution in [2.75, 3.05) is 32.7 Å². The van der Waals surface area contributed by atoms with Gasteiger partial charge in [0.15, 0.2) is 0 Å². The third kappa shape index (κ3) is 4.28. The van der Waals surface area contributed by atoms with Gasteiger partial charge in [0, 0.05) is 42.0 Å². The number of hydrogen-bond acceptors (Lipinski definition) is 4. The molecule has 2 saturated heterocycles. The van der Waals surface area contributed by atoms with E-state index in [1.54, 1.807) is 0 Å². The standard InChI is InChI=1S/C17H29N3S/c1-2-8-18-12-16-5-6-17(21-16)14-19-11-7-15(13-19)20-9-3-4-10-20/h5-6,15,18H,2-4,7-14H2,1H3. The lowest BCUT2D eigenvalue weighted by atomic mass is 10.2. The summed E-state index contributed by atoms with van der Waals surface area (Å²) in [5.41, 5.74) is 0. The van der Waals surface area contributed by atoms with E-state index >= 15 is 0 Å². The van der Waals surface area contributed by atoms with Crippen molar-refractivity contribution in [2.24, 2.45) is 0 Å². The largest absolute Gasteiger partial charge is 0.312 e. The zero-order valence-corrected chi connectivity index (χ0v) is 14.1. The van der Waals surface area contributed by atoms with Crippen LogP contribution < -0.4 is 5.32 Å². The number of thiophene rings is 1. The van der Waals surface area contributed by atoms with E-state index in [9.17, 15) is 0 Å². The Morgan fingerprint density at radius 2 is 2.00 bits per heavy atom. The predicted octanol–water partition coefficient (Wildman–Crippen LogP) is 2.92. The van der Waals surface area contributed by atoms with Crippen LogP contribution in [0, 0.1) is 0 Å². The van der Waals surface area contributed by atoms with Crippen LogP contribution in [-0.4, -0.2) is 48.6 Å². The van der Waals surface area contributed by atoms with Crippen LogP contribution in [0.15, 0.2) is 12.1 Å². The van der Waals surface area contributed by atoms with E-state index in [0.717, 1.165) is 25.7 Å². The second kappa shape index (κ2) is 7.73. The van der Waals surface area contributed by atoms with Crippen molar-refractivity contribution in [3.05, 3.63) is 21.9 Å². The van der Waals surface area contributed by atoms with Crippen LogP contribution in [0.5, 0.6) is 0 Å². The maximum atomic E-state index is 3.49. The fourth-order valence-electron chi connectivity index (χ4n) is 3.57. The van der Waals surface area contributed by atoms with Gasteiger partial charge in [-0.1, -0.05) is 6.92 Å². The number of rotatable bonds is 7. The zero-order chi connectivity index (χ0) is 14.5. The molecule has 1 aromatic rings. The van der Waals surface area contributed by atoms with Gasteiger partial charge in [-0.3, -0.25) is 9.80 Å². The van der Waals surface area contributed by atoms with Crippen molar-refractivity contribution in [2.45, 2.75) is 51.7 Å². The van der Waals surface area contributed by atoms with Crippen molar-refractivity contribution >= 4 is 11.3 Å². The molecule has 3 rings (SSSR count). The molecule has 1 N–H and O–H groups in total. The van der Waals surface area contributed by atoms with E-state index in [1.807, 2.05) is 11.3 Å². The minimum Gasteiger partial charge on any atom is -0.312 e. The van der Waals surface area contributed by atoms with Crippen LogP contribution in [0.3, 0.4) is 0 Å². The molecule has 2 aliphatic rings. The summed E-state index contributed by atoms with van der Waals surface area (Å²) < 4.78 is 0. The van der Waals surface area contributed by atoms with Crippen molar-refractivity contribution in [1.29, 1.82) is 0 Å². The number of nitrogens with one attached hydrogen (secondary N) is 1. The summed E-state index contributed by atoms with van der Waals surface area (Å²) in [6.45, 7) is 10.8. The normalized spacial score (nSPS) is 24.1. The second-order valence-electron chi connectivity index (χ2n) is 6.47. The number of nitrogens with zero attached hydrogens (tertiary/aromatic N) is 2. The summed E-state index contributed by atoms with van der Waals surface area (Å²) in [5, 5.41) is 3.49. The third-order valence-corrected chi connectivity index (χ3v) is 5.80. The van der Waals surface area contributed by atoms with Crippen molar-refractivity contribution in [3.63, 3.8) is 0 Å². The molecule has 1 unspecified atom stereocenters. The van der Waals surface area contributed by atoms with Gasteiger partial charge in [0.2, 0.25) is 0 Å². The van der Waals surface area contributed by atoms with E-state index in [-0.39, 0.29) is 0 Å². The molecule has 1 atom stereocenters. The topological polar surface area (TPSA) is 18.5 Å².